The first-order valence-electron chi connectivity index (χ1n) is 12.6. The molecular formula is C28H25F6N3O4S. The highest BCUT2D eigenvalue weighted by molar-refractivity contribution is 7.91. The van der Waals surface area contributed by atoms with E-state index in [1.807, 2.05) is 12.1 Å². The lowest BCUT2D eigenvalue weighted by Crippen LogP contribution is -2.26. The zero-order valence-corrected chi connectivity index (χ0v) is 22.7. The smallest absolute Gasteiger partial charge is 0.487 e. The van der Waals surface area contributed by atoms with Crippen molar-refractivity contribution in [1.82, 2.24) is 14.5 Å². The lowest BCUT2D eigenvalue weighted by atomic mass is 10.1. The first kappa shape index (κ1) is 30.9. The third-order valence-corrected chi connectivity index (χ3v) is 7.47. The summed E-state index contributed by atoms with van der Waals surface area (Å²) in [5.74, 6) is -0.477. The molecule has 0 unspecified atom stereocenters. The van der Waals surface area contributed by atoms with Crippen molar-refractivity contribution >= 4 is 22.0 Å². The first-order valence-corrected chi connectivity index (χ1v) is 14.3. The van der Waals surface area contributed by atoms with E-state index in [4.69, 9.17) is 9.15 Å². The van der Waals surface area contributed by atoms with Crippen LogP contribution >= 0.6 is 0 Å². The van der Waals surface area contributed by atoms with Gasteiger partial charge in [-0.15, -0.1) is 0 Å². The van der Waals surface area contributed by atoms with Crippen LogP contribution in [0.3, 0.4) is 0 Å². The minimum Gasteiger partial charge on any atom is -0.487 e. The highest BCUT2D eigenvalue weighted by Gasteiger charge is 2.46. The van der Waals surface area contributed by atoms with Crippen LogP contribution in [-0.4, -0.2) is 28.5 Å². The van der Waals surface area contributed by atoms with E-state index in [0.717, 1.165) is 17.7 Å². The van der Waals surface area contributed by atoms with Gasteiger partial charge >= 0.3 is 11.7 Å². The van der Waals surface area contributed by atoms with Crippen LogP contribution in [0.25, 0.3) is 12.2 Å². The normalized spacial score (nSPS) is 12.7. The van der Waals surface area contributed by atoms with Gasteiger partial charge in [0.15, 0.2) is 0 Å². The Balaban J connectivity index is 1.20. The molecule has 0 amide bonds. The number of hydrogen-bond donors (Lipinski definition) is 0. The van der Waals surface area contributed by atoms with Gasteiger partial charge in [-0.05, 0) is 60.7 Å². The van der Waals surface area contributed by atoms with Gasteiger partial charge in [0.25, 0.3) is 9.84 Å². The van der Waals surface area contributed by atoms with Crippen molar-refractivity contribution in [3.63, 3.8) is 0 Å². The van der Waals surface area contributed by atoms with Crippen LogP contribution < -0.4 is 4.74 Å². The molecule has 0 saturated carbocycles. The van der Waals surface area contributed by atoms with Crippen molar-refractivity contribution < 1.29 is 43.9 Å². The number of rotatable bonds is 12. The Morgan fingerprint density at radius 3 is 2.31 bits per heavy atom. The molecule has 0 radical (unpaired) electrons. The van der Waals surface area contributed by atoms with Crippen LogP contribution in [0.15, 0.2) is 71.6 Å². The van der Waals surface area contributed by atoms with Gasteiger partial charge in [-0.3, -0.25) is 0 Å². The number of unbranched alkanes of at least 4 members (excludes halogenated alkanes) is 1. The fourth-order valence-corrected chi connectivity index (χ4v) is 4.62. The first-order chi connectivity index (χ1) is 19.8. The molecule has 224 valence electrons. The van der Waals surface area contributed by atoms with Crippen LogP contribution in [-0.2, 0) is 41.3 Å². The maximum absolute atomic E-state index is 12.7. The highest BCUT2D eigenvalue weighted by atomic mass is 32.2. The summed E-state index contributed by atoms with van der Waals surface area (Å²) in [4.78, 5) is 8.03. The number of aromatic nitrogens is 3. The molecule has 4 rings (SSSR count). The second-order valence-corrected chi connectivity index (χ2v) is 11.2. The van der Waals surface area contributed by atoms with Crippen molar-refractivity contribution in [1.29, 1.82) is 0 Å². The maximum Gasteiger partial charge on any atom is 0.497 e. The number of ether oxygens (including phenoxy) is 1. The molecule has 2 aromatic heterocycles. The standard InChI is InChI=1S/C28H25F6N3O4S/c29-27(30,31)22-9-4-21(5-10-22)8-13-26-36-23(18-41-26)17-40-24-11-6-20(7-12-24)3-1-2-15-37-16-14-35-25(37)19-42(38,39)28(32,33)34/h4-14,16,18H,1-3,15,17,19H2. The summed E-state index contributed by atoms with van der Waals surface area (Å²) in [5, 5.41) is 0. The minimum atomic E-state index is -5.32. The summed E-state index contributed by atoms with van der Waals surface area (Å²) in [7, 11) is -5.30. The number of hydrogen-bond acceptors (Lipinski definition) is 6. The molecule has 0 N–H and O–H groups in total. The Hall–Kier alpha value is -4.07. The van der Waals surface area contributed by atoms with Crippen LogP contribution in [0.5, 0.6) is 5.75 Å². The number of sulfone groups is 1. The second kappa shape index (κ2) is 12.8. The van der Waals surface area contributed by atoms with Gasteiger partial charge < -0.3 is 13.7 Å². The predicted molar refractivity (Wildman–Crippen MR) is 141 cm³/mol. The summed E-state index contributed by atoms with van der Waals surface area (Å²) >= 11 is 0. The average molecular weight is 614 g/mol. The Kier molecular flexibility index (Phi) is 9.44. The zero-order chi connectivity index (χ0) is 30.4. The number of halogens is 6. The van der Waals surface area contributed by atoms with Crippen molar-refractivity contribution in [3.8, 4) is 5.75 Å². The largest absolute Gasteiger partial charge is 0.497 e. The van der Waals surface area contributed by atoms with Gasteiger partial charge in [-0.2, -0.15) is 26.3 Å². The zero-order valence-electron chi connectivity index (χ0n) is 21.9. The second-order valence-electron chi connectivity index (χ2n) is 9.26. The van der Waals surface area contributed by atoms with Gasteiger partial charge in [0, 0.05) is 25.0 Å². The molecule has 0 spiro atoms. The van der Waals surface area contributed by atoms with E-state index in [-0.39, 0.29) is 18.3 Å². The number of alkyl halides is 6. The van der Waals surface area contributed by atoms with Gasteiger partial charge in [-0.1, -0.05) is 24.3 Å². The molecule has 0 fully saturated rings. The third-order valence-electron chi connectivity index (χ3n) is 6.12. The van der Waals surface area contributed by atoms with Gasteiger partial charge in [-0.25, -0.2) is 18.4 Å². The SMILES string of the molecule is O=S(=O)(Cc1nccn1CCCCc1ccc(OCc2coc(C=Cc3ccc(C(F)(F)F)cc3)n2)cc1)C(F)(F)F. The van der Waals surface area contributed by atoms with Crippen LogP contribution in [0, 0.1) is 0 Å². The van der Waals surface area contributed by atoms with Gasteiger partial charge in [0.05, 0.1) is 5.56 Å². The van der Waals surface area contributed by atoms with Gasteiger partial charge in [0.2, 0.25) is 5.89 Å². The van der Waals surface area contributed by atoms with Crippen LogP contribution in [0.1, 0.15) is 46.9 Å². The average Bonchev–Trinajstić information content (AvgIpc) is 3.57. The summed E-state index contributed by atoms with van der Waals surface area (Å²) in [6.07, 6.45) is 4.91. The molecule has 42 heavy (non-hydrogen) atoms. The Bertz CT molecular complexity index is 1590. The quantitative estimate of drug-likeness (QED) is 0.125. The topological polar surface area (TPSA) is 87.2 Å². The number of oxazole rings is 1. The molecule has 14 heteroatoms. The molecule has 2 heterocycles. The van der Waals surface area contributed by atoms with E-state index in [2.05, 4.69) is 9.97 Å². The lowest BCUT2D eigenvalue weighted by Gasteiger charge is -2.10. The van der Waals surface area contributed by atoms with Crippen molar-refractivity contribution in [2.45, 2.75) is 49.9 Å². The molecule has 7 nitrogen and oxygen atoms in total. The van der Waals surface area contributed by atoms with Crippen molar-refractivity contribution in [3.05, 3.63) is 101 Å². The summed E-state index contributed by atoms with van der Waals surface area (Å²) in [5.41, 5.74) is -3.95. The van der Waals surface area contributed by atoms with Crippen LogP contribution in [0.2, 0.25) is 0 Å². The van der Waals surface area contributed by atoms with Crippen molar-refractivity contribution in [2.75, 3.05) is 0 Å². The Morgan fingerprint density at radius 1 is 0.929 bits per heavy atom. The molecule has 2 aromatic carbocycles. The maximum atomic E-state index is 12.7. The molecule has 0 aliphatic rings. The third kappa shape index (κ3) is 8.47. The number of aryl methyl sites for hydroxylation is 2. The minimum absolute atomic E-state index is 0.133. The van der Waals surface area contributed by atoms with E-state index in [0.29, 0.717) is 42.8 Å². The van der Waals surface area contributed by atoms with E-state index in [1.54, 1.807) is 24.3 Å². The number of benzene rings is 2. The van der Waals surface area contributed by atoms with E-state index in [1.165, 1.54) is 35.4 Å². The molecule has 4 aromatic rings. The number of imidazole rings is 1. The summed E-state index contributed by atoms with van der Waals surface area (Å²) in [6, 6.07) is 12.0. The summed E-state index contributed by atoms with van der Waals surface area (Å²) < 4.78 is 111. The number of nitrogens with zero attached hydrogens (tertiary/aromatic N) is 3. The molecule has 0 bridgehead atoms. The lowest BCUT2D eigenvalue weighted by molar-refractivity contribution is -0.137. The van der Waals surface area contributed by atoms with Gasteiger partial charge in [0.1, 0.15) is 35.9 Å². The summed E-state index contributed by atoms with van der Waals surface area (Å²) in [6.45, 7) is 0.470. The fraction of sp³-hybridized carbons (Fsp3) is 0.286. The monoisotopic (exact) mass is 613 g/mol. The molecule has 0 saturated heterocycles. The molecule has 0 aliphatic heterocycles. The van der Waals surface area contributed by atoms with Crippen molar-refractivity contribution in [2.24, 2.45) is 0 Å². The molecular weight excluding hydrogens is 588 g/mol. The fourth-order valence-electron chi connectivity index (χ4n) is 3.87. The van der Waals surface area contributed by atoms with Crippen LogP contribution in [0.4, 0.5) is 26.3 Å². The Labute approximate surface area is 237 Å². The highest BCUT2D eigenvalue weighted by Crippen LogP contribution is 2.29. The van der Waals surface area contributed by atoms with E-state index < -0.39 is 32.8 Å². The molecule has 0 aliphatic carbocycles. The predicted octanol–water partition coefficient (Wildman–Crippen LogP) is 7.10. The van der Waals surface area contributed by atoms with E-state index >= 15 is 0 Å². The Morgan fingerprint density at radius 2 is 1.64 bits per heavy atom. The molecule has 0 atom stereocenters. The van der Waals surface area contributed by atoms with E-state index in [9.17, 15) is 34.8 Å².